The van der Waals surface area contributed by atoms with Crippen LogP contribution >= 0.6 is 0 Å². The molecule has 20 heavy (non-hydrogen) atoms. The molecule has 0 spiro atoms. The van der Waals surface area contributed by atoms with Gasteiger partial charge in [-0.05, 0) is 30.5 Å². The zero-order valence-electron chi connectivity index (χ0n) is 12.2. The third kappa shape index (κ3) is 3.07. The second-order valence-corrected chi connectivity index (χ2v) is 7.49. The number of sulfone groups is 1. The van der Waals surface area contributed by atoms with E-state index in [1.807, 2.05) is 0 Å². The molecule has 2 unspecified atom stereocenters. The normalized spacial score (nSPS) is 23.9. The first-order valence-electron chi connectivity index (χ1n) is 6.70. The maximum atomic E-state index is 11.5. The lowest BCUT2D eigenvalue weighted by atomic mass is 9.95. The quantitative estimate of drug-likeness (QED) is 0.857. The van der Waals surface area contributed by atoms with E-state index in [2.05, 4.69) is 11.8 Å². The Labute approximate surface area is 120 Å². The summed E-state index contributed by atoms with van der Waals surface area (Å²) in [4.78, 5) is 2.42. The lowest BCUT2D eigenvalue weighted by molar-refractivity contribution is 0.0499. The van der Waals surface area contributed by atoms with E-state index in [1.165, 1.54) is 12.3 Å². The molecule has 0 amide bonds. The van der Waals surface area contributed by atoms with Crippen LogP contribution in [-0.2, 0) is 14.6 Å². The van der Waals surface area contributed by atoms with Crippen molar-refractivity contribution in [1.82, 2.24) is 0 Å². The van der Waals surface area contributed by atoms with Crippen molar-refractivity contribution in [1.29, 1.82) is 0 Å². The van der Waals surface area contributed by atoms with Gasteiger partial charge in [0.2, 0.25) is 0 Å². The molecule has 1 aliphatic rings. The molecule has 1 aromatic rings. The highest BCUT2D eigenvalue weighted by Crippen LogP contribution is 2.30. The summed E-state index contributed by atoms with van der Waals surface area (Å²) in [6, 6.07) is 4.93. The summed E-state index contributed by atoms with van der Waals surface area (Å²) in [5.41, 5.74) is 7.40. The van der Waals surface area contributed by atoms with E-state index in [0.717, 1.165) is 25.2 Å². The van der Waals surface area contributed by atoms with Gasteiger partial charge in [0.05, 0.1) is 22.4 Å². The number of rotatable bonds is 3. The molecule has 6 heteroatoms. The summed E-state index contributed by atoms with van der Waals surface area (Å²) < 4.78 is 28.5. The predicted molar refractivity (Wildman–Crippen MR) is 80.8 cm³/mol. The third-order valence-corrected chi connectivity index (χ3v) is 5.07. The summed E-state index contributed by atoms with van der Waals surface area (Å²) in [6.45, 7) is 3.87. The van der Waals surface area contributed by atoms with Crippen LogP contribution in [0.15, 0.2) is 23.1 Å². The molecule has 5 nitrogen and oxygen atoms in total. The Morgan fingerprint density at radius 2 is 2.10 bits per heavy atom. The smallest absolute Gasteiger partial charge is 0.175 e. The van der Waals surface area contributed by atoms with E-state index in [9.17, 15) is 8.42 Å². The predicted octanol–water partition coefficient (Wildman–Crippen LogP) is 1.53. The van der Waals surface area contributed by atoms with Crippen molar-refractivity contribution < 1.29 is 13.2 Å². The Balaban J connectivity index is 2.26. The van der Waals surface area contributed by atoms with Gasteiger partial charge < -0.3 is 15.4 Å². The number of nitrogens with zero attached hydrogens (tertiary/aromatic N) is 1. The van der Waals surface area contributed by atoms with Gasteiger partial charge in [0.1, 0.15) is 0 Å². The second-order valence-electron chi connectivity index (χ2n) is 5.48. The van der Waals surface area contributed by atoms with Crippen LogP contribution < -0.4 is 10.6 Å². The first kappa shape index (κ1) is 15.1. The van der Waals surface area contributed by atoms with Crippen LogP contribution in [0.25, 0.3) is 0 Å². The average Bonchev–Trinajstić information content (AvgIpc) is 2.38. The summed E-state index contributed by atoms with van der Waals surface area (Å²) in [7, 11) is -1.50. The summed E-state index contributed by atoms with van der Waals surface area (Å²) in [6.07, 6.45) is 2.40. The van der Waals surface area contributed by atoms with Crippen LogP contribution in [0.1, 0.15) is 13.3 Å². The number of hydrogen-bond acceptors (Lipinski definition) is 5. The summed E-state index contributed by atoms with van der Waals surface area (Å²) in [5, 5.41) is 0. The molecule has 0 bridgehead atoms. The lowest BCUT2D eigenvalue weighted by Gasteiger charge is -2.38. The lowest BCUT2D eigenvalue weighted by Crippen LogP contribution is -2.44. The number of hydrogen-bond donors (Lipinski definition) is 1. The van der Waals surface area contributed by atoms with E-state index in [4.69, 9.17) is 10.5 Å². The van der Waals surface area contributed by atoms with Gasteiger partial charge in [0.25, 0.3) is 0 Å². The fourth-order valence-electron chi connectivity index (χ4n) is 2.61. The van der Waals surface area contributed by atoms with E-state index in [1.54, 1.807) is 19.2 Å². The Morgan fingerprint density at radius 3 is 2.65 bits per heavy atom. The number of ether oxygens (including phenoxy) is 1. The van der Waals surface area contributed by atoms with Gasteiger partial charge in [-0.1, -0.05) is 6.92 Å². The van der Waals surface area contributed by atoms with Gasteiger partial charge in [0.15, 0.2) is 9.84 Å². The molecule has 0 aromatic heterocycles. The molecule has 2 atom stereocenters. The molecule has 1 saturated heterocycles. The topological polar surface area (TPSA) is 72.6 Å². The van der Waals surface area contributed by atoms with Crippen molar-refractivity contribution in [2.24, 2.45) is 5.92 Å². The average molecular weight is 298 g/mol. The molecule has 112 valence electrons. The van der Waals surface area contributed by atoms with Gasteiger partial charge in [-0.2, -0.15) is 0 Å². The molecule has 0 aliphatic carbocycles. The molecular formula is C14H22N2O3S. The van der Waals surface area contributed by atoms with Gasteiger partial charge in [-0.25, -0.2) is 8.42 Å². The van der Waals surface area contributed by atoms with Crippen LogP contribution in [-0.4, -0.2) is 41.0 Å². The van der Waals surface area contributed by atoms with Gasteiger partial charge in [-0.3, -0.25) is 0 Å². The fourth-order valence-corrected chi connectivity index (χ4v) is 3.27. The summed E-state index contributed by atoms with van der Waals surface area (Å²) in [5.74, 6) is 0.521. The molecule has 2 rings (SSSR count). The van der Waals surface area contributed by atoms with Crippen LogP contribution in [0.2, 0.25) is 0 Å². The monoisotopic (exact) mass is 298 g/mol. The number of piperidine rings is 1. The fraction of sp³-hybridized carbons (Fsp3) is 0.571. The maximum Gasteiger partial charge on any atom is 0.175 e. The highest BCUT2D eigenvalue weighted by molar-refractivity contribution is 7.90. The van der Waals surface area contributed by atoms with Crippen molar-refractivity contribution in [2.45, 2.75) is 24.3 Å². The highest BCUT2D eigenvalue weighted by Gasteiger charge is 2.27. The van der Waals surface area contributed by atoms with Crippen molar-refractivity contribution in [3.05, 3.63) is 18.2 Å². The molecule has 1 aliphatic heterocycles. The third-order valence-electron chi connectivity index (χ3n) is 3.96. The second kappa shape index (κ2) is 5.61. The van der Waals surface area contributed by atoms with Crippen LogP contribution in [0.5, 0.6) is 0 Å². The number of benzene rings is 1. The minimum atomic E-state index is -3.22. The van der Waals surface area contributed by atoms with Gasteiger partial charge >= 0.3 is 0 Å². The van der Waals surface area contributed by atoms with Crippen molar-refractivity contribution >= 4 is 21.2 Å². The number of methoxy groups -OCH3 is 1. The minimum Gasteiger partial charge on any atom is -0.397 e. The molecular weight excluding hydrogens is 276 g/mol. The Morgan fingerprint density at radius 1 is 1.40 bits per heavy atom. The van der Waals surface area contributed by atoms with Crippen molar-refractivity contribution in [3.63, 3.8) is 0 Å². The maximum absolute atomic E-state index is 11.5. The number of nitrogen functional groups attached to an aromatic ring is 1. The van der Waals surface area contributed by atoms with Crippen LogP contribution in [0.3, 0.4) is 0 Å². The van der Waals surface area contributed by atoms with Gasteiger partial charge in [0, 0.05) is 26.5 Å². The zero-order chi connectivity index (χ0) is 14.9. The summed E-state index contributed by atoms with van der Waals surface area (Å²) >= 11 is 0. The molecule has 1 fully saturated rings. The first-order chi connectivity index (χ1) is 9.32. The van der Waals surface area contributed by atoms with Crippen LogP contribution in [0.4, 0.5) is 11.4 Å². The zero-order valence-corrected chi connectivity index (χ0v) is 13.0. The molecule has 1 aromatic carbocycles. The Bertz CT molecular complexity index is 586. The van der Waals surface area contributed by atoms with Gasteiger partial charge in [-0.15, -0.1) is 0 Å². The highest BCUT2D eigenvalue weighted by atomic mass is 32.2. The molecule has 0 saturated carbocycles. The number of nitrogens with two attached hydrogens (primary N) is 1. The Kier molecular flexibility index (Phi) is 4.25. The molecule has 2 N–H and O–H groups in total. The largest absolute Gasteiger partial charge is 0.397 e. The van der Waals surface area contributed by atoms with E-state index in [0.29, 0.717) is 11.6 Å². The minimum absolute atomic E-state index is 0.178. The van der Waals surface area contributed by atoms with Crippen molar-refractivity contribution in [2.75, 3.05) is 37.1 Å². The standard InChI is InChI=1S/C14H22N2O3S/c1-10-6-7-16(9-14(10)19-2)13-5-4-11(8-12(13)15)20(3,17)18/h4-5,8,10,14H,6-7,9,15H2,1-3H3. The SMILES string of the molecule is COC1CN(c2ccc(S(C)(=O)=O)cc2N)CCC1C. The number of anilines is 2. The van der Waals surface area contributed by atoms with E-state index < -0.39 is 9.84 Å². The van der Waals surface area contributed by atoms with E-state index >= 15 is 0 Å². The first-order valence-corrected chi connectivity index (χ1v) is 8.59. The van der Waals surface area contributed by atoms with Crippen LogP contribution in [0, 0.1) is 5.92 Å². The van der Waals surface area contributed by atoms with Crippen molar-refractivity contribution in [3.8, 4) is 0 Å². The molecule has 0 radical (unpaired) electrons. The Hall–Kier alpha value is -1.27. The molecule has 1 heterocycles. The van der Waals surface area contributed by atoms with E-state index in [-0.39, 0.29) is 11.0 Å².